The highest BCUT2D eigenvalue weighted by atomic mass is 32.1. The maximum Gasteiger partial charge on any atom is 0.255 e. The van der Waals surface area contributed by atoms with Crippen molar-refractivity contribution in [3.8, 4) is 5.75 Å². The van der Waals surface area contributed by atoms with E-state index in [1.54, 1.807) is 17.4 Å². The summed E-state index contributed by atoms with van der Waals surface area (Å²) in [6, 6.07) is 5.58. The lowest BCUT2D eigenvalue weighted by molar-refractivity contribution is 0.0947. The maximum absolute atomic E-state index is 12.3. The summed E-state index contributed by atoms with van der Waals surface area (Å²) >= 11 is 1.65. The molecule has 0 unspecified atom stereocenters. The number of anilines is 1. The van der Waals surface area contributed by atoms with Crippen LogP contribution in [0.2, 0.25) is 0 Å². The summed E-state index contributed by atoms with van der Waals surface area (Å²) in [4.78, 5) is 12.3. The highest BCUT2D eigenvalue weighted by Crippen LogP contribution is 2.31. The SMILES string of the molecule is Cc1cscc1CNC(=O)c1cccc2c1OCCN2. The van der Waals surface area contributed by atoms with Gasteiger partial charge in [-0.15, -0.1) is 0 Å². The molecule has 0 bridgehead atoms. The maximum atomic E-state index is 12.3. The second-order valence-corrected chi connectivity index (χ2v) is 5.46. The zero-order chi connectivity index (χ0) is 13.9. The minimum absolute atomic E-state index is 0.101. The van der Waals surface area contributed by atoms with Crippen molar-refractivity contribution in [2.45, 2.75) is 13.5 Å². The van der Waals surface area contributed by atoms with Gasteiger partial charge in [-0.1, -0.05) is 6.07 Å². The number of hydrogen-bond donors (Lipinski definition) is 2. The minimum atomic E-state index is -0.101. The van der Waals surface area contributed by atoms with Crippen molar-refractivity contribution in [3.05, 3.63) is 45.6 Å². The largest absolute Gasteiger partial charge is 0.489 e. The molecule has 0 aliphatic carbocycles. The number of carbonyl (C=O) groups excluding carboxylic acids is 1. The number of fused-ring (bicyclic) bond motifs is 1. The van der Waals surface area contributed by atoms with E-state index in [-0.39, 0.29) is 5.91 Å². The van der Waals surface area contributed by atoms with Crippen LogP contribution in [0.25, 0.3) is 0 Å². The van der Waals surface area contributed by atoms with Gasteiger partial charge in [-0.05, 0) is 40.9 Å². The molecule has 104 valence electrons. The quantitative estimate of drug-likeness (QED) is 0.913. The fraction of sp³-hybridized carbons (Fsp3) is 0.267. The van der Waals surface area contributed by atoms with E-state index in [9.17, 15) is 4.79 Å². The number of rotatable bonds is 3. The third kappa shape index (κ3) is 2.49. The average molecular weight is 288 g/mol. The van der Waals surface area contributed by atoms with Gasteiger partial charge in [0.15, 0.2) is 5.75 Å². The summed E-state index contributed by atoms with van der Waals surface area (Å²) in [7, 11) is 0. The van der Waals surface area contributed by atoms with Gasteiger partial charge in [0.25, 0.3) is 5.91 Å². The molecule has 0 radical (unpaired) electrons. The first-order valence-corrected chi connectivity index (χ1v) is 7.49. The van der Waals surface area contributed by atoms with E-state index in [4.69, 9.17) is 4.74 Å². The summed E-state index contributed by atoms with van der Waals surface area (Å²) in [5.41, 5.74) is 3.84. The van der Waals surface area contributed by atoms with Gasteiger partial charge in [0.1, 0.15) is 6.61 Å². The van der Waals surface area contributed by atoms with E-state index < -0.39 is 0 Å². The molecule has 0 atom stereocenters. The van der Waals surface area contributed by atoms with Crippen molar-refractivity contribution in [3.63, 3.8) is 0 Å². The summed E-state index contributed by atoms with van der Waals surface area (Å²) in [5.74, 6) is 0.550. The molecule has 1 aliphatic heterocycles. The van der Waals surface area contributed by atoms with E-state index in [0.717, 1.165) is 17.8 Å². The van der Waals surface area contributed by atoms with Gasteiger partial charge in [-0.25, -0.2) is 0 Å². The molecule has 1 aliphatic rings. The summed E-state index contributed by atoms with van der Waals surface area (Å²) in [6.45, 7) is 3.95. The predicted molar refractivity (Wildman–Crippen MR) is 80.7 cm³/mol. The van der Waals surface area contributed by atoms with E-state index in [1.807, 2.05) is 12.1 Å². The third-order valence-electron chi connectivity index (χ3n) is 3.32. The molecular formula is C15H16N2O2S. The van der Waals surface area contributed by atoms with Crippen LogP contribution in [-0.2, 0) is 6.54 Å². The topological polar surface area (TPSA) is 50.4 Å². The molecular weight excluding hydrogens is 272 g/mol. The van der Waals surface area contributed by atoms with Crippen molar-refractivity contribution < 1.29 is 9.53 Å². The number of nitrogens with one attached hydrogen (secondary N) is 2. The first kappa shape index (κ1) is 13.0. The minimum Gasteiger partial charge on any atom is -0.489 e. The Bertz CT molecular complexity index is 637. The van der Waals surface area contributed by atoms with Crippen molar-refractivity contribution in [2.75, 3.05) is 18.5 Å². The Morgan fingerprint density at radius 1 is 1.45 bits per heavy atom. The lowest BCUT2D eigenvalue weighted by Crippen LogP contribution is -2.26. The molecule has 0 spiro atoms. The third-order valence-corrected chi connectivity index (χ3v) is 4.23. The number of hydrogen-bond acceptors (Lipinski definition) is 4. The van der Waals surface area contributed by atoms with E-state index in [2.05, 4.69) is 28.3 Å². The Balaban J connectivity index is 1.76. The van der Waals surface area contributed by atoms with Crippen LogP contribution in [0.15, 0.2) is 29.0 Å². The molecule has 1 aromatic heterocycles. The van der Waals surface area contributed by atoms with E-state index >= 15 is 0 Å². The fourth-order valence-corrected chi connectivity index (χ4v) is 3.05. The van der Waals surface area contributed by atoms with Crippen LogP contribution in [0.1, 0.15) is 21.5 Å². The molecule has 0 saturated heterocycles. The van der Waals surface area contributed by atoms with Crippen LogP contribution in [0.4, 0.5) is 5.69 Å². The molecule has 3 rings (SSSR count). The first-order valence-electron chi connectivity index (χ1n) is 6.55. The van der Waals surface area contributed by atoms with Crippen molar-refractivity contribution in [1.29, 1.82) is 0 Å². The van der Waals surface area contributed by atoms with Crippen molar-refractivity contribution in [1.82, 2.24) is 5.32 Å². The number of aryl methyl sites for hydroxylation is 1. The number of thiophene rings is 1. The molecule has 1 amide bonds. The van der Waals surface area contributed by atoms with Gasteiger partial charge in [-0.3, -0.25) is 4.79 Å². The first-order chi connectivity index (χ1) is 9.75. The molecule has 0 saturated carbocycles. The molecule has 0 fully saturated rings. The molecule has 2 heterocycles. The van der Waals surface area contributed by atoms with Crippen molar-refractivity contribution >= 4 is 22.9 Å². The van der Waals surface area contributed by atoms with Gasteiger partial charge in [0.05, 0.1) is 11.3 Å². The number of carbonyl (C=O) groups is 1. The van der Waals surface area contributed by atoms with Gasteiger partial charge >= 0.3 is 0 Å². The molecule has 2 aromatic rings. The van der Waals surface area contributed by atoms with E-state index in [1.165, 1.54) is 5.56 Å². The van der Waals surface area contributed by atoms with E-state index in [0.29, 0.717) is 24.5 Å². The Kier molecular flexibility index (Phi) is 3.60. The standard InChI is InChI=1S/C15H16N2O2S/c1-10-8-20-9-11(10)7-17-15(18)12-3-2-4-13-14(12)19-6-5-16-13/h2-4,8-9,16H,5-7H2,1H3,(H,17,18). The Morgan fingerprint density at radius 3 is 3.15 bits per heavy atom. The number of benzene rings is 1. The second-order valence-electron chi connectivity index (χ2n) is 4.72. The molecule has 5 heteroatoms. The molecule has 20 heavy (non-hydrogen) atoms. The van der Waals surface area contributed by atoms with Gasteiger partial charge < -0.3 is 15.4 Å². The Hall–Kier alpha value is -2.01. The Morgan fingerprint density at radius 2 is 2.35 bits per heavy atom. The van der Waals surface area contributed by atoms with Crippen LogP contribution in [-0.4, -0.2) is 19.1 Å². The average Bonchev–Trinajstić information content (AvgIpc) is 2.89. The molecule has 4 nitrogen and oxygen atoms in total. The lowest BCUT2D eigenvalue weighted by atomic mass is 10.1. The van der Waals surface area contributed by atoms with Gasteiger partial charge in [0.2, 0.25) is 0 Å². The van der Waals surface area contributed by atoms with Crippen LogP contribution in [0, 0.1) is 6.92 Å². The molecule has 2 N–H and O–H groups in total. The number of para-hydroxylation sites is 1. The normalized spacial score (nSPS) is 13.1. The Labute approximate surface area is 121 Å². The summed E-state index contributed by atoms with van der Waals surface area (Å²) in [6.07, 6.45) is 0. The highest BCUT2D eigenvalue weighted by Gasteiger charge is 2.18. The zero-order valence-corrected chi connectivity index (χ0v) is 12.0. The van der Waals surface area contributed by atoms with Crippen molar-refractivity contribution in [2.24, 2.45) is 0 Å². The van der Waals surface area contributed by atoms with Gasteiger partial charge in [0, 0.05) is 13.1 Å². The monoisotopic (exact) mass is 288 g/mol. The van der Waals surface area contributed by atoms with Crippen LogP contribution in [0.5, 0.6) is 5.75 Å². The number of ether oxygens (including phenoxy) is 1. The predicted octanol–water partition coefficient (Wildman–Crippen LogP) is 2.79. The lowest BCUT2D eigenvalue weighted by Gasteiger charge is -2.21. The molecule has 1 aromatic carbocycles. The highest BCUT2D eigenvalue weighted by molar-refractivity contribution is 7.08. The van der Waals surface area contributed by atoms with Gasteiger partial charge in [-0.2, -0.15) is 11.3 Å². The number of amides is 1. The summed E-state index contributed by atoms with van der Waals surface area (Å²) < 4.78 is 5.62. The smallest absolute Gasteiger partial charge is 0.255 e. The summed E-state index contributed by atoms with van der Waals surface area (Å²) in [5, 5.41) is 10.3. The zero-order valence-electron chi connectivity index (χ0n) is 11.2. The van der Waals surface area contributed by atoms with Crippen LogP contribution >= 0.6 is 11.3 Å². The van der Waals surface area contributed by atoms with Crippen LogP contribution in [0.3, 0.4) is 0 Å². The fourth-order valence-electron chi connectivity index (χ4n) is 2.19. The second kappa shape index (κ2) is 5.54. The van der Waals surface area contributed by atoms with Crippen LogP contribution < -0.4 is 15.4 Å².